The molecule has 17 rings (SSSR count). The Bertz CT molecular complexity index is 4880. The number of anilines is 6. The summed E-state index contributed by atoms with van der Waals surface area (Å²) >= 11 is 0. The van der Waals surface area contributed by atoms with Gasteiger partial charge in [0.15, 0.2) is 0 Å². The van der Waals surface area contributed by atoms with Crippen LogP contribution in [0.15, 0.2) is 219 Å². The van der Waals surface area contributed by atoms with Crippen LogP contribution < -0.4 is 9.80 Å². The summed E-state index contributed by atoms with van der Waals surface area (Å²) in [6, 6.07) is 72.8. The van der Waals surface area contributed by atoms with Crippen LogP contribution in [0, 0.1) is 0 Å². The van der Waals surface area contributed by atoms with Crippen molar-refractivity contribution in [2.45, 2.75) is 96.3 Å². The van der Waals surface area contributed by atoms with Crippen molar-refractivity contribution in [3.63, 3.8) is 0 Å². The summed E-state index contributed by atoms with van der Waals surface area (Å²) in [7, 11) is 0. The molecular formula is C85H70N8. The van der Waals surface area contributed by atoms with Crippen molar-refractivity contribution in [1.82, 2.24) is 29.9 Å². The molecule has 0 bridgehead atoms. The lowest BCUT2D eigenvalue weighted by molar-refractivity contribution is 0.659. The number of fused-ring (bicyclic) bond motifs is 15. The molecule has 0 N–H and O–H groups in total. The van der Waals surface area contributed by atoms with E-state index < -0.39 is 0 Å². The second-order valence-electron chi connectivity index (χ2n) is 28.6. The third-order valence-corrected chi connectivity index (χ3v) is 21.6. The van der Waals surface area contributed by atoms with Crippen molar-refractivity contribution < 1.29 is 0 Å². The molecule has 8 nitrogen and oxygen atoms in total. The summed E-state index contributed by atoms with van der Waals surface area (Å²) in [6.45, 7) is 23.5. The third-order valence-electron chi connectivity index (χ3n) is 21.6. The van der Waals surface area contributed by atoms with Crippen molar-refractivity contribution in [3.8, 4) is 55.6 Å². The molecule has 0 aliphatic heterocycles. The summed E-state index contributed by atoms with van der Waals surface area (Å²) in [5.74, 6) is 1.17. The van der Waals surface area contributed by atoms with Gasteiger partial charge in [0, 0.05) is 49.8 Å². The highest BCUT2D eigenvalue weighted by Gasteiger charge is 2.42. The standard InChI is InChI=1S/C85H70N8/c1-81(2)69-17-13-11-15-59(69)65-35-27-55(43-75(65)81)92(79-88-47-86-48-89-79)57-29-37-67-63-33-25-53(41-73(63)84(7,8)77(67)45-57)21-19-51-23-31-61-62-32-24-52(40-72(62)83(5,6)71(61)39-51)20-22-54-26-34-64-68-38-30-58(46-78(68)85(9,10)74(64)42-54)93(80-90-49-87-50-91-80)56-28-36-66-60-16-12-14-18-70(60)82(3,4)76(66)44-56/h11-50H,1-10H3/b21-19+,22-20+. The minimum Gasteiger partial charge on any atom is -0.279 e. The van der Waals surface area contributed by atoms with Gasteiger partial charge in [-0.05, 0) is 182 Å². The van der Waals surface area contributed by atoms with Crippen LogP contribution in [0.1, 0.15) is 147 Å². The predicted octanol–water partition coefficient (Wildman–Crippen LogP) is 20.9. The van der Waals surface area contributed by atoms with E-state index in [-0.39, 0.29) is 27.1 Å². The fourth-order valence-electron chi connectivity index (χ4n) is 16.5. The number of benzene rings is 10. The van der Waals surface area contributed by atoms with Crippen LogP contribution in [0.25, 0.3) is 79.9 Å². The molecule has 450 valence electrons. The van der Waals surface area contributed by atoms with Gasteiger partial charge >= 0.3 is 0 Å². The smallest absolute Gasteiger partial charge is 0.237 e. The molecule has 0 spiro atoms. The minimum atomic E-state index is -0.261. The lowest BCUT2D eigenvalue weighted by atomic mass is 9.81. The maximum Gasteiger partial charge on any atom is 0.237 e. The number of hydrogen-bond acceptors (Lipinski definition) is 8. The summed E-state index contributed by atoms with van der Waals surface area (Å²) < 4.78 is 0. The molecule has 0 saturated carbocycles. The first-order chi connectivity index (χ1) is 44.8. The summed E-state index contributed by atoms with van der Waals surface area (Å²) in [5, 5.41) is 0. The molecule has 8 heteroatoms. The van der Waals surface area contributed by atoms with Crippen LogP contribution in [-0.2, 0) is 27.1 Å². The summed E-state index contributed by atoms with van der Waals surface area (Å²) in [6.07, 6.45) is 15.4. The van der Waals surface area contributed by atoms with Crippen LogP contribution in [0.4, 0.5) is 34.6 Å². The fraction of sp³-hybridized carbons (Fsp3) is 0.176. The number of hydrogen-bond donors (Lipinski definition) is 0. The van der Waals surface area contributed by atoms with Crippen LogP contribution >= 0.6 is 0 Å². The van der Waals surface area contributed by atoms with Gasteiger partial charge < -0.3 is 0 Å². The minimum absolute atomic E-state index is 0.149. The van der Waals surface area contributed by atoms with E-state index in [4.69, 9.17) is 19.9 Å². The van der Waals surface area contributed by atoms with E-state index in [9.17, 15) is 0 Å². The fourth-order valence-corrected chi connectivity index (χ4v) is 16.5. The molecule has 5 aliphatic rings. The molecule has 0 fully saturated rings. The van der Waals surface area contributed by atoms with Crippen LogP contribution in [0.5, 0.6) is 0 Å². The van der Waals surface area contributed by atoms with E-state index in [0.29, 0.717) is 11.9 Å². The maximum atomic E-state index is 4.72. The van der Waals surface area contributed by atoms with Crippen LogP contribution in [-0.4, -0.2) is 29.9 Å². The highest BCUT2D eigenvalue weighted by molar-refractivity contribution is 5.92. The Morgan fingerprint density at radius 1 is 0.237 bits per heavy atom. The van der Waals surface area contributed by atoms with E-state index in [2.05, 4.69) is 307 Å². The molecule has 93 heavy (non-hydrogen) atoms. The summed E-state index contributed by atoms with van der Waals surface area (Å²) in [4.78, 5) is 31.6. The van der Waals surface area contributed by atoms with Gasteiger partial charge in [0.2, 0.25) is 11.9 Å². The van der Waals surface area contributed by atoms with Gasteiger partial charge in [-0.3, -0.25) is 9.80 Å². The van der Waals surface area contributed by atoms with Gasteiger partial charge in [-0.15, -0.1) is 0 Å². The van der Waals surface area contributed by atoms with Gasteiger partial charge in [0.25, 0.3) is 0 Å². The van der Waals surface area contributed by atoms with Gasteiger partial charge in [-0.25, -0.2) is 29.9 Å². The second-order valence-corrected chi connectivity index (χ2v) is 28.6. The first-order valence-corrected chi connectivity index (χ1v) is 32.4. The molecule has 2 aromatic heterocycles. The third kappa shape index (κ3) is 8.50. The van der Waals surface area contributed by atoms with Gasteiger partial charge in [-0.2, -0.15) is 0 Å². The molecule has 2 heterocycles. The van der Waals surface area contributed by atoms with E-state index >= 15 is 0 Å². The van der Waals surface area contributed by atoms with Gasteiger partial charge in [0.05, 0.1) is 0 Å². The van der Waals surface area contributed by atoms with Gasteiger partial charge in [-0.1, -0.05) is 239 Å². The molecule has 12 aromatic rings. The quantitative estimate of drug-likeness (QED) is 0.125. The second kappa shape index (κ2) is 20.1. The van der Waals surface area contributed by atoms with E-state index in [1.54, 1.807) is 25.3 Å². The Hall–Kier alpha value is -10.7. The highest BCUT2D eigenvalue weighted by Crippen LogP contribution is 2.57. The van der Waals surface area contributed by atoms with Crippen LogP contribution in [0.2, 0.25) is 0 Å². The monoisotopic (exact) mass is 1200 g/mol. The molecule has 0 amide bonds. The Labute approximate surface area is 544 Å². The molecule has 0 radical (unpaired) electrons. The average molecular weight is 1200 g/mol. The molecular weight excluding hydrogens is 1130 g/mol. The van der Waals surface area contributed by atoms with E-state index in [1.165, 1.54) is 134 Å². The zero-order chi connectivity index (χ0) is 63.5. The van der Waals surface area contributed by atoms with Crippen molar-refractivity contribution in [3.05, 3.63) is 297 Å². The van der Waals surface area contributed by atoms with E-state index in [1.807, 2.05) is 0 Å². The molecule has 0 atom stereocenters. The van der Waals surface area contributed by atoms with Crippen molar-refractivity contribution in [2.75, 3.05) is 9.80 Å². The zero-order valence-electron chi connectivity index (χ0n) is 54.2. The van der Waals surface area contributed by atoms with Crippen molar-refractivity contribution in [1.29, 1.82) is 0 Å². The van der Waals surface area contributed by atoms with Crippen molar-refractivity contribution in [2.24, 2.45) is 0 Å². The Morgan fingerprint density at radius 2 is 0.452 bits per heavy atom. The van der Waals surface area contributed by atoms with Gasteiger partial charge in [0.1, 0.15) is 25.3 Å². The predicted molar refractivity (Wildman–Crippen MR) is 381 cm³/mol. The lowest BCUT2D eigenvalue weighted by Gasteiger charge is -2.28. The maximum absolute atomic E-state index is 4.72. The zero-order valence-corrected chi connectivity index (χ0v) is 54.2. The molecule has 10 aromatic carbocycles. The molecule has 0 unspecified atom stereocenters. The Balaban J connectivity index is 0.609. The highest BCUT2D eigenvalue weighted by atomic mass is 15.3. The summed E-state index contributed by atoms with van der Waals surface area (Å²) in [5.41, 5.74) is 33.8. The lowest BCUT2D eigenvalue weighted by Crippen LogP contribution is -2.19. The first-order valence-electron chi connectivity index (χ1n) is 32.4. The Morgan fingerprint density at radius 3 is 0.720 bits per heavy atom. The molecule has 5 aliphatic carbocycles. The largest absolute Gasteiger partial charge is 0.279 e. The Kier molecular flexibility index (Phi) is 12.2. The molecule has 0 saturated heterocycles. The number of aromatic nitrogens is 6. The average Bonchev–Trinajstić information content (AvgIpc) is 1.64. The topological polar surface area (TPSA) is 83.8 Å². The number of rotatable bonds is 10. The number of nitrogens with zero attached hydrogens (tertiary/aromatic N) is 8. The first kappa shape index (κ1) is 56.3. The van der Waals surface area contributed by atoms with E-state index in [0.717, 1.165) is 22.7 Å². The van der Waals surface area contributed by atoms with Crippen molar-refractivity contribution >= 4 is 59.0 Å². The SMILES string of the molecule is CC1(C)c2cc(/C=C/c3ccc4c(c3)C(C)(C)c3cc(N(c5ccc6c(c5)C(C)(C)c5ccccc5-6)c5ncncn5)ccc3-4)ccc2-c2ccc(/C=C/c3ccc4c(c3)C(C)(C)c3cc(N(c5ccc6c(c5)C(C)(C)c5ccccc5-6)c5ncncn5)ccc3-4)cc21. The van der Waals surface area contributed by atoms with Crippen LogP contribution in [0.3, 0.4) is 0 Å². The normalized spacial score (nSPS) is 16.0.